The third kappa shape index (κ3) is 8.93. The molecule has 0 nitrogen and oxygen atoms in total. The molecule has 0 saturated carbocycles. The minimum atomic E-state index is 0. The summed E-state index contributed by atoms with van der Waals surface area (Å²) in [7, 11) is 0. The van der Waals surface area contributed by atoms with Crippen LogP contribution < -0.4 is 0 Å². The van der Waals surface area contributed by atoms with Crippen LogP contribution in [0.2, 0.25) is 0 Å². The van der Waals surface area contributed by atoms with Gasteiger partial charge in [0.1, 0.15) is 0 Å². The maximum Gasteiger partial charge on any atom is 0 e. The van der Waals surface area contributed by atoms with Gasteiger partial charge in [-0.15, -0.1) is 0 Å². The minimum Gasteiger partial charge on any atom is 0 e. The first-order valence-corrected chi connectivity index (χ1v) is 0. The van der Waals surface area contributed by atoms with Gasteiger partial charge in [-0.25, -0.2) is 0 Å². The Labute approximate surface area is 93.0 Å². The molecule has 0 rings (SSSR count). The maximum atomic E-state index is 0. The molecular formula is PtRuTiY. The Morgan fingerprint density at radius 1 is 1.00 bits per heavy atom. The van der Waals surface area contributed by atoms with Gasteiger partial charge in [0, 0.05) is 95.0 Å². The van der Waals surface area contributed by atoms with Crippen molar-refractivity contribution in [3.05, 3.63) is 0 Å². The summed E-state index contributed by atoms with van der Waals surface area (Å²) in [5.41, 5.74) is 0. The van der Waals surface area contributed by atoms with Crippen molar-refractivity contribution < 1.29 is 95.0 Å². The van der Waals surface area contributed by atoms with Gasteiger partial charge in [0.15, 0.2) is 0 Å². The molecule has 0 aromatic heterocycles. The molecule has 4 heteroatoms. The zero-order valence-corrected chi connectivity index (χ0v) is 10.2. The average Bonchev–Trinajstić information content (AvgIpc) is 0. The Morgan fingerprint density at radius 2 is 1.00 bits per heavy atom. The molecule has 1 radical (unpaired) electrons. The number of hydrogen-bond donors (Lipinski definition) is 0. The van der Waals surface area contributed by atoms with Gasteiger partial charge in [0.05, 0.1) is 0 Å². The monoisotopic (exact) mass is 434 g/mol. The zero-order chi connectivity index (χ0) is 0. The van der Waals surface area contributed by atoms with Crippen LogP contribution in [0, 0.1) is 0 Å². The van der Waals surface area contributed by atoms with E-state index in [0.717, 1.165) is 0 Å². The van der Waals surface area contributed by atoms with E-state index in [1.165, 1.54) is 0 Å². The second-order valence-corrected chi connectivity index (χ2v) is 0. The summed E-state index contributed by atoms with van der Waals surface area (Å²) in [6.45, 7) is 0. The average molecular weight is 433 g/mol. The molecule has 0 saturated heterocycles. The predicted octanol–water partition coefficient (Wildman–Crippen LogP) is -0.0100. The molecule has 0 fully saturated rings. The summed E-state index contributed by atoms with van der Waals surface area (Å²) in [6, 6.07) is 0. The van der Waals surface area contributed by atoms with Crippen molar-refractivity contribution in [3.8, 4) is 0 Å². The third-order valence-electron chi connectivity index (χ3n) is 0. The maximum absolute atomic E-state index is 0. The summed E-state index contributed by atoms with van der Waals surface area (Å²) >= 11 is 0. The van der Waals surface area contributed by atoms with Gasteiger partial charge in [0.25, 0.3) is 0 Å². The summed E-state index contributed by atoms with van der Waals surface area (Å²) < 4.78 is 0. The molecule has 0 aliphatic rings. The van der Waals surface area contributed by atoms with Crippen molar-refractivity contribution in [1.29, 1.82) is 0 Å². The molecule has 0 N–H and O–H groups in total. The van der Waals surface area contributed by atoms with Gasteiger partial charge < -0.3 is 0 Å². The quantitative estimate of drug-likeness (QED) is 0.472. The van der Waals surface area contributed by atoms with Gasteiger partial charge in [-0.1, -0.05) is 0 Å². The van der Waals surface area contributed by atoms with E-state index >= 15 is 0 Å². The predicted molar refractivity (Wildman–Crippen MR) is 0 cm³/mol. The van der Waals surface area contributed by atoms with E-state index in [1.54, 1.807) is 0 Å². The van der Waals surface area contributed by atoms with E-state index in [9.17, 15) is 0 Å². The first kappa shape index (κ1) is 27.3. The second-order valence-electron chi connectivity index (χ2n) is 0. The summed E-state index contributed by atoms with van der Waals surface area (Å²) in [5, 5.41) is 0. The molecule has 0 atom stereocenters. The van der Waals surface area contributed by atoms with Gasteiger partial charge in [0.2, 0.25) is 0 Å². The molecule has 0 spiro atoms. The van der Waals surface area contributed by atoms with Crippen molar-refractivity contribution in [3.63, 3.8) is 0 Å². The van der Waals surface area contributed by atoms with Crippen LogP contribution in [0.5, 0.6) is 0 Å². The van der Waals surface area contributed by atoms with Crippen LogP contribution in [0.1, 0.15) is 0 Å². The fourth-order valence-electron chi connectivity index (χ4n) is 0. The van der Waals surface area contributed by atoms with Crippen molar-refractivity contribution in [2.24, 2.45) is 0 Å². The molecule has 0 unspecified atom stereocenters. The summed E-state index contributed by atoms with van der Waals surface area (Å²) in [4.78, 5) is 0. The SMILES string of the molecule is [Pt].[Ru].[Ti].[Y]. The van der Waals surface area contributed by atoms with Gasteiger partial charge in [-0.3, -0.25) is 0 Å². The normalized spacial score (nSPS) is 0. The van der Waals surface area contributed by atoms with Gasteiger partial charge >= 0.3 is 0 Å². The third-order valence-corrected chi connectivity index (χ3v) is 0. The number of rotatable bonds is 0. The number of hydrogen-bond acceptors (Lipinski definition) is 0. The molecule has 25 valence electrons. The second kappa shape index (κ2) is 16.5. The smallest absolute Gasteiger partial charge is 0 e. The summed E-state index contributed by atoms with van der Waals surface area (Å²) in [5.74, 6) is 0. The molecule has 0 bridgehead atoms. The molecule has 4 heavy (non-hydrogen) atoms. The molecule has 0 heterocycles. The first-order valence-electron chi connectivity index (χ1n) is 0. The minimum absolute atomic E-state index is 0. The van der Waals surface area contributed by atoms with Crippen LogP contribution in [0.4, 0.5) is 0 Å². The van der Waals surface area contributed by atoms with Crippen LogP contribution in [0.3, 0.4) is 0 Å². The fourth-order valence-corrected chi connectivity index (χ4v) is 0. The first-order chi connectivity index (χ1) is 0. The van der Waals surface area contributed by atoms with Crippen LogP contribution in [-0.2, 0) is 95.0 Å². The van der Waals surface area contributed by atoms with Crippen LogP contribution in [0.15, 0.2) is 0 Å². The van der Waals surface area contributed by atoms with E-state index in [1.807, 2.05) is 0 Å². The Kier molecular flexibility index (Phi) is 113. The molecule has 0 aromatic rings. The molecule has 0 aliphatic carbocycles. The Morgan fingerprint density at radius 3 is 1.00 bits per heavy atom. The van der Waals surface area contributed by atoms with Crippen LogP contribution in [-0.4, -0.2) is 0 Å². The van der Waals surface area contributed by atoms with Crippen LogP contribution >= 0.6 is 0 Å². The van der Waals surface area contributed by atoms with Gasteiger partial charge in [-0.05, 0) is 0 Å². The molecule has 0 aliphatic heterocycles. The Bertz CT molecular complexity index is 8.00. The topological polar surface area (TPSA) is 0 Å². The van der Waals surface area contributed by atoms with E-state index in [-0.39, 0.29) is 95.0 Å². The van der Waals surface area contributed by atoms with E-state index in [2.05, 4.69) is 0 Å². The van der Waals surface area contributed by atoms with E-state index in [0.29, 0.717) is 0 Å². The molecule has 0 amide bonds. The Balaban J connectivity index is 0. The Hall–Kier alpha value is 3.13. The van der Waals surface area contributed by atoms with Crippen LogP contribution in [0.25, 0.3) is 0 Å². The fraction of sp³-hybridized carbons (Fsp3) is 0. The van der Waals surface area contributed by atoms with Crippen molar-refractivity contribution >= 4 is 0 Å². The van der Waals surface area contributed by atoms with Gasteiger partial charge in [-0.2, -0.15) is 0 Å². The largest absolute Gasteiger partial charge is 0 e. The van der Waals surface area contributed by atoms with Crippen molar-refractivity contribution in [2.45, 2.75) is 0 Å². The zero-order valence-electron chi connectivity index (χ0n) is 1.75. The van der Waals surface area contributed by atoms with Crippen molar-refractivity contribution in [1.82, 2.24) is 0 Å². The molecule has 0 aromatic carbocycles. The van der Waals surface area contributed by atoms with E-state index in [4.69, 9.17) is 0 Å². The molecular weight excluding hydrogens is 433 g/mol. The van der Waals surface area contributed by atoms with Crippen molar-refractivity contribution in [2.75, 3.05) is 0 Å². The standard InChI is InChI=1S/Pt.Ru.Ti.Y. The summed E-state index contributed by atoms with van der Waals surface area (Å²) in [6.07, 6.45) is 0. The van der Waals surface area contributed by atoms with E-state index < -0.39 is 0 Å².